The summed E-state index contributed by atoms with van der Waals surface area (Å²) in [5, 5.41) is 3.21. The van der Waals surface area contributed by atoms with Crippen LogP contribution in [0.3, 0.4) is 0 Å². The molecule has 7 nitrogen and oxygen atoms in total. The molecule has 1 saturated heterocycles. The molecule has 0 aliphatic carbocycles. The molecule has 1 spiro atoms. The van der Waals surface area contributed by atoms with Crippen LogP contribution in [-0.4, -0.2) is 51.9 Å². The van der Waals surface area contributed by atoms with Gasteiger partial charge in [0.15, 0.2) is 0 Å². The van der Waals surface area contributed by atoms with E-state index in [1.807, 2.05) is 20.8 Å². The number of amides is 2. The second-order valence-electron chi connectivity index (χ2n) is 7.28. The highest BCUT2D eigenvalue weighted by Crippen LogP contribution is 2.31. The topological polar surface area (TPSA) is 83.9 Å². The molecule has 1 aromatic heterocycles. The minimum absolute atomic E-state index is 0.138. The number of pyridine rings is 1. The van der Waals surface area contributed by atoms with Crippen LogP contribution in [0.1, 0.15) is 39.2 Å². The van der Waals surface area contributed by atoms with Crippen LogP contribution in [0, 0.1) is 0 Å². The first-order valence-corrected chi connectivity index (χ1v) is 8.57. The Morgan fingerprint density at radius 2 is 2.00 bits per heavy atom. The number of hydrogen-bond donors (Lipinski definition) is 1. The molecule has 2 aliphatic rings. The molecule has 1 aromatic rings. The average molecular weight is 365 g/mol. The Hall–Kier alpha value is -2.15. The van der Waals surface area contributed by atoms with E-state index in [9.17, 15) is 9.59 Å². The molecule has 0 saturated carbocycles. The zero-order valence-electron chi connectivity index (χ0n) is 14.5. The number of likely N-dealkylation sites (tertiary alicyclic amines) is 1. The number of carbonyl (C=O) groups is 2. The molecule has 0 bridgehead atoms. The smallest absolute Gasteiger partial charge is 0.410 e. The van der Waals surface area contributed by atoms with Gasteiger partial charge in [-0.2, -0.15) is 0 Å². The number of nitrogens with zero attached hydrogens (tertiary/aromatic N) is 3. The van der Waals surface area contributed by atoms with Crippen LogP contribution < -0.4 is 5.32 Å². The van der Waals surface area contributed by atoms with E-state index in [4.69, 9.17) is 16.3 Å². The van der Waals surface area contributed by atoms with E-state index < -0.39 is 11.1 Å². The number of aromatic nitrogens is 1. The van der Waals surface area contributed by atoms with E-state index in [0.29, 0.717) is 42.5 Å². The maximum Gasteiger partial charge on any atom is 0.410 e. The van der Waals surface area contributed by atoms with Gasteiger partial charge in [0.1, 0.15) is 22.1 Å². The summed E-state index contributed by atoms with van der Waals surface area (Å²) in [5.41, 5.74) is -0.652. The summed E-state index contributed by atoms with van der Waals surface area (Å²) in [7, 11) is 0. The van der Waals surface area contributed by atoms with Crippen LogP contribution in [0.4, 0.5) is 4.79 Å². The van der Waals surface area contributed by atoms with Gasteiger partial charge in [-0.3, -0.25) is 9.79 Å². The molecule has 134 valence electrons. The molecule has 0 atom stereocenters. The monoisotopic (exact) mass is 364 g/mol. The fourth-order valence-corrected chi connectivity index (χ4v) is 3.01. The van der Waals surface area contributed by atoms with Gasteiger partial charge in [0.25, 0.3) is 5.91 Å². The summed E-state index contributed by atoms with van der Waals surface area (Å²) in [5.74, 6) is 0.362. The molecule has 25 heavy (non-hydrogen) atoms. The fourth-order valence-electron chi connectivity index (χ4n) is 2.89. The maximum atomic E-state index is 12.5. The summed E-state index contributed by atoms with van der Waals surface area (Å²) < 4.78 is 5.39. The van der Waals surface area contributed by atoms with E-state index in [1.54, 1.807) is 23.2 Å². The van der Waals surface area contributed by atoms with Crippen LogP contribution in [0.15, 0.2) is 23.3 Å². The third-order valence-corrected chi connectivity index (χ3v) is 4.45. The summed E-state index contributed by atoms with van der Waals surface area (Å²) >= 11 is 5.79. The highest BCUT2D eigenvalue weighted by molar-refractivity contribution is 6.29. The van der Waals surface area contributed by atoms with E-state index >= 15 is 0 Å². The highest BCUT2D eigenvalue weighted by Gasteiger charge is 2.47. The van der Waals surface area contributed by atoms with Gasteiger partial charge >= 0.3 is 6.09 Å². The maximum absolute atomic E-state index is 12.5. The predicted molar refractivity (Wildman–Crippen MR) is 93.7 cm³/mol. The van der Waals surface area contributed by atoms with E-state index in [-0.39, 0.29) is 12.0 Å². The van der Waals surface area contributed by atoms with Crippen molar-refractivity contribution in [3.63, 3.8) is 0 Å². The van der Waals surface area contributed by atoms with Gasteiger partial charge in [0, 0.05) is 24.8 Å². The van der Waals surface area contributed by atoms with Gasteiger partial charge in [-0.15, -0.1) is 0 Å². The van der Waals surface area contributed by atoms with Crippen molar-refractivity contribution in [1.29, 1.82) is 0 Å². The van der Waals surface area contributed by atoms with Crippen LogP contribution in [0.25, 0.3) is 0 Å². The molecule has 0 radical (unpaired) electrons. The summed E-state index contributed by atoms with van der Waals surface area (Å²) in [4.78, 5) is 34.9. The van der Waals surface area contributed by atoms with Gasteiger partial charge < -0.3 is 15.0 Å². The summed E-state index contributed by atoms with van der Waals surface area (Å²) in [6.45, 7) is 6.35. The van der Waals surface area contributed by atoms with Crippen molar-refractivity contribution in [2.45, 2.75) is 44.8 Å². The second kappa shape index (κ2) is 6.29. The first-order chi connectivity index (χ1) is 11.7. The van der Waals surface area contributed by atoms with Gasteiger partial charge in [-0.05, 0) is 45.7 Å². The number of rotatable bonds is 1. The zero-order chi connectivity index (χ0) is 18.2. The third-order valence-electron chi connectivity index (χ3n) is 4.22. The number of aliphatic imine (C=N–C) groups is 1. The molecule has 2 aliphatic heterocycles. The number of piperidine rings is 1. The zero-order valence-corrected chi connectivity index (χ0v) is 15.3. The first kappa shape index (κ1) is 17.7. The average Bonchev–Trinajstić information content (AvgIpc) is 2.84. The van der Waals surface area contributed by atoms with Crippen LogP contribution in [-0.2, 0) is 9.53 Å². The third kappa shape index (κ3) is 3.76. The number of nitrogens with one attached hydrogen (secondary N) is 1. The Bertz CT molecular complexity index is 716. The van der Waals surface area contributed by atoms with Crippen molar-refractivity contribution in [2.24, 2.45) is 4.99 Å². The van der Waals surface area contributed by atoms with Crippen LogP contribution in [0.5, 0.6) is 0 Å². The molecule has 2 amide bonds. The minimum Gasteiger partial charge on any atom is -0.444 e. The lowest BCUT2D eigenvalue weighted by Crippen LogP contribution is -2.51. The lowest BCUT2D eigenvalue weighted by Gasteiger charge is -2.36. The van der Waals surface area contributed by atoms with Crippen molar-refractivity contribution in [2.75, 3.05) is 13.1 Å². The molecule has 3 heterocycles. The summed E-state index contributed by atoms with van der Waals surface area (Å²) in [6.07, 6.45) is 2.15. The van der Waals surface area contributed by atoms with Gasteiger partial charge in [0.05, 0.1) is 0 Å². The predicted octanol–water partition coefficient (Wildman–Crippen LogP) is 2.38. The van der Waals surface area contributed by atoms with Crippen molar-refractivity contribution in [3.8, 4) is 0 Å². The first-order valence-electron chi connectivity index (χ1n) is 8.20. The van der Waals surface area contributed by atoms with Crippen LogP contribution in [0.2, 0.25) is 5.15 Å². The number of ether oxygens (including phenoxy) is 1. The Kier molecular flexibility index (Phi) is 4.45. The second-order valence-corrected chi connectivity index (χ2v) is 7.67. The van der Waals surface area contributed by atoms with Crippen molar-refractivity contribution < 1.29 is 14.3 Å². The Labute approximate surface area is 151 Å². The Morgan fingerprint density at radius 1 is 1.32 bits per heavy atom. The van der Waals surface area contributed by atoms with Gasteiger partial charge in [-0.25, -0.2) is 9.78 Å². The van der Waals surface area contributed by atoms with Crippen molar-refractivity contribution >= 4 is 29.4 Å². The highest BCUT2D eigenvalue weighted by atomic mass is 35.5. The lowest BCUT2D eigenvalue weighted by molar-refractivity contribution is -0.125. The van der Waals surface area contributed by atoms with Gasteiger partial charge in [0.2, 0.25) is 0 Å². The van der Waals surface area contributed by atoms with E-state index in [0.717, 1.165) is 0 Å². The van der Waals surface area contributed by atoms with Crippen molar-refractivity contribution in [3.05, 3.63) is 29.0 Å². The van der Waals surface area contributed by atoms with E-state index in [2.05, 4.69) is 15.3 Å². The van der Waals surface area contributed by atoms with Crippen LogP contribution >= 0.6 is 11.6 Å². The lowest BCUT2D eigenvalue weighted by atomic mass is 9.88. The molecule has 1 N–H and O–H groups in total. The SMILES string of the molecule is CC(C)(C)OC(=O)N1CCC2(CC1)N=C(c1ccc(Cl)nc1)NC2=O. The molecule has 8 heteroatoms. The van der Waals surface area contributed by atoms with E-state index in [1.165, 1.54) is 0 Å². The number of carbonyl (C=O) groups excluding carboxylic acids is 2. The molecule has 3 rings (SSSR count). The molecular weight excluding hydrogens is 344 g/mol. The Balaban J connectivity index is 1.70. The van der Waals surface area contributed by atoms with Gasteiger partial charge in [-0.1, -0.05) is 11.6 Å². The molecule has 0 unspecified atom stereocenters. The number of halogens is 1. The van der Waals surface area contributed by atoms with Crippen molar-refractivity contribution in [1.82, 2.24) is 15.2 Å². The summed E-state index contributed by atoms with van der Waals surface area (Å²) in [6, 6.07) is 3.42. The molecular formula is C17H21ClN4O3. The largest absolute Gasteiger partial charge is 0.444 e. The number of amidine groups is 1. The normalized spacial score (nSPS) is 19.6. The standard InChI is InChI=1S/C17H21ClN4O3/c1-16(2,3)25-15(24)22-8-6-17(7-9-22)14(23)20-13(21-17)11-4-5-12(18)19-10-11/h4-5,10H,6-9H2,1-3H3,(H,20,21,23). The molecule has 0 aromatic carbocycles. The number of hydrogen-bond acceptors (Lipinski definition) is 5. The quantitative estimate of drug-likeness (QED) is 0.775. The fraction of sp³-hybridized carbons (Fsp3) is 0.529. The Morgan fingerprint density at radius 3 is 2.56 bits per heavy atom. The minimum atomic E-state index is -0.826. The molecule has 1 fully saturated rings.